The second-order valence-corrected chi connectivity index (χ2v) is 5.39. The van der Waals surface area contributed by atoms with Crippen LogP contribution in [-0.4, -0.2) is 41.0 Å². The molecular formula is C14H25N5. The van der Waals surface area contributed by atoms with Gasteiger partial charge in [-0.05, 0) is 52.2 Å². The van der Waals surface area contributed by atoms with Gasteiger partial charge in [-0.1, -0.05) is 6.92 Å². The summed E-state index contributed by atoms with van der Waals surface area (Å²) in [6, 6.07) is 0. The van der Waals surface area contributed by atoms with Crippen LogP contribution >= 0.6 is 0 Å². The lowest BCUT2D eigenvalue weighted by molar-refractivity contribution is 0.198. The van der Waals surface area contributed by atoms with Gasteiger partial charge in [0.15, 0.2) is 0 Å². The molecule has 0 bridgehead atoms. The van der Waals surface area contributed by atoms with E-state index in [0.29, 0.717) is 5.82 Å². The van der Waals surface area contributed by atoms with E-state index >= 15 is 0 Å². The van der Waals surface area contributed by atoms with Crippen molar-refractivity contribution < 1.29 is 0 Å². The highest BCUT2D eigenvalue weighted by atomic mass is 15.1. The number of nitrogens with zero attached hydrogens (tertiary/aromatic N) is 3. The molecule has 0 amide bonds. The number of aryl methyl sites for hydroxylation is 1. The molecule has 1 aromatic rings. The van der Waals surface area contributed by atoms with Crippen LogP contribution in [0.5, 0.6) is 0 Å². The molecule has 19 heavy (non-hydrogen) atoms. The number of likely N-dealkylation sites (tertiary alicyclic amines) is 1. The molecule has 1 saturated heterocycles. The molecule has 0 aromatic carbocycles. The summed E-state index contributed by atoms with van der Waals surface area (Å²) in [7, 11) is 0. The molecule has 0 spiro atoms. The predicted molar refractivity (Wildman–Crippen MR) is 79.2 cm³/mol. The first-order valence-corrected chi connectivity index (χ1v) is 7.17. The topological polar surface area (TPSA) is 67.1 Å². The lowest BCUT2D eigenvalue weighted by Gasteiger charge is -2.31. The van der Waals surface area contributed by atoms with E-state index in [4.69, 9.17) is 5.73 Å². The van der Waals surface area contributed by atoms with E-state index in [1.54, 1.807) is 0 Å². The van der Waals surface area contributed by atoms with Gasteiger partial charge >= 0.3 is 0 Å². The van der Waals surface area contributed by atoms with Gasteiger partial charge in [-0.3, -0.25) is 0 Å². The SMILES string of the molecule is CCN1CCC(CNc2nc(C)nc(N)c2C)CC1. The van der Waals surface area contributed by atoms with Crippen molar-refractivity contribution in [3.05, 3.63) is 11.4 Å². The summed E-state index contributed by atoms with van der Waals surface area (Å²) in [6.45, 7) is 10.7. The third-order valence-electron chi connectivity index (χ3n) is 4.01. The maximum atomic E-state index is 5.87. The average molecular weight is 263 g/mol. The van der Waals surface area contributed by atoms with E-state index < -0.39 is 0 Å². The Kier molecular flexibility index (Phi) is 4.58. The Balaban J connectivity index is 1.89. The van der Waals surface area contributed by atoms with Crippen LogP contribution < -0.4 is 11.1 Å². The Morgan fingerprint density at radius 3 is 2.58 bits per heavy atom. The minimum absolute atomic E-state index is 0.579. The number of hydrogen-bond acceptors (Lipinski definition) is 5. The summed E-state index contributed by atoms with van der Waals surface area (Å²) < 4.78 is 0. The largest absolute Gasteiger partial charge is 0.383 e. The molecule has 0 unspecified atom stereocenters. The Morgan fingerprint density at radius 2 is 1.95 bits per heavy atom. The lowest BCUT2D eigenvalue weighted by Crippen LogP contribution is -2.35. The average Bonchev–Trinajstić information content (AvgIpc) is 2.41. The molecule has 0 atom stereocenters. The van der Waals surface area contributed by atoms with Gasteiger partial charge in [0.25, 0.3) is 0 Å². The molecule has 5 heteroatoms. The van der Waals surface area contributed by atoms with Crippen molar-refractivity contribution in [3.8, 4) is 0 Å². The molecular weight excluding hydrogens is 238 g/mol. The highest BCUT2D eigenvalue weighted by Gasteiger charge is 2.18. The van der Waals surface area contributed by atoms with Crippen molar-refractivity contribution in [3.63, 3.8) is 0 Å². The van der Waals surface area contributed by atoms with Crippen molar-refractivity contribution in [2.24, 2.45) is 5.92 Å². The molecule has 5 nitrogen and oxygen atoms in total. The second-order valence-electron chi connectivity index (χ2n) is 5.39. The van der Waals surface area contributed by atoms with E-state index in [0.717, 1.165) is 29.7 Å². The summed E-state index contributed by atoms with van der Waals surface area (Å²) in [6.07, 6.45) is 2.53. The van der Waals surface area contributed by atoms with Crippen molar-refractivity contribution in [2.45, 2.75) is 33.6 Å². The molecule has 2 heterocycles. The zero-order chi connectivity index (χ0) is 13.8. The predicted octanol–water partition coefficient (Wildman–Crippen LogP) is 1.82. The first-order chi connectivity index (χ1) is 9.10. The van der Waals surface area contributed by atoms with E-state index in [1.807, 2.05) is 13.8 Å². The van der Waals surface area contributed by atoms with Gasteiger partial charge in [0.2, 0.25) is 0 Å². The molecule has 2 rings (SSSR count). The fourth-order valence-electron chi connectivity index (χ4n) is 2.57. The van der Waals surface area contributed by atoms with Crippen molar-refractivity contribution >= 4 is 11.6 Å². The van der Waals surface area contributed by atoms with Crippen LogP contribution in [0.1, 0.15) is 31.2 Å². The summed E-state index contributed by atoms with van der Waals surface area (Å²) in [5.41, 5.74) is 6.82. The third-order valence-corrected chi connectivity index (χ3v) is 4.01. The molecule has 1 fully saturated rings. The van der Waals surface area contributed by atoms with Crippen LogP contribution in [-0.2, 0) is 0 Å². The summed E-state index contributed by atoms with van der Waals surface area (Å²) in [4.78, 5) is 11.1. The molecule has 106 valence electrons. The minimum atomic E-state index is 0.579. The first-order valence-electron chi connectivity index (χ1n) is 7.17. The number of nitrogen functional groups attached to an aromatic ring is 1. The summed E-state index contributed by atoms with van der Waals surface area (Å²) >= 11 is 0. The number of piperidine rings is 1. The Morgan fingerprint density at radius 1 is 1.26 bits per heavy atom. The second kappa shape index (κ2) is 6.19. The van der Waals surface area contributed by atoms with Crippen molar-refractivity contribution in [1.82, 2.24) is 14.9 Å². The van der Waals surface area contributed by atoms with Crippen LogP contribution in [0.2, 0.25) is 0 Å². The van der Waals surface area contributed by atoms with Crippen LogP contribution in [0.4, 0.5) is 11.6 Å². The maximum Gasteiger partial charge on any atom is 0.134 e. The lowest BCUT2D eigenvalue weighted by atomic mass is 9.97. The van der Waals surface area contributed by atoms with Gasteiger partial charge in [0.05, 0.1) is 0 Å². The van der Waals surface area contributed by atoms with E-state index in [9.17, 15) is 0 Å². The Hall–Kier alpha value is -1.36. The molecule has 1 aliphatic rings. The molecule has 3 N–H and O–H groups in total. The van der Waals surface area contributed by atoms with Crippen molar-refractivity contribution in [1.29, 1.82) is 0 Å². The monoisotopic (exact) mass is 263 g/mol. The smallest absolute Gasteiger partial charge is 0.134 e. The molecule has 0 saturated carbocycles. The minimum Gasteiger partial charge on any atom is -0.383 e. The molecule has 0 radical (unpaired) electrons. The van der Waals surface area contributed by atoms with Crippen molar-refractivity contribution in [2.75, 3.05) is 37.2 Å². The van der Waals surface area contributed by atoms with E-state index in [2.05, 4.69) is 27.1 Å². The molecule has 1 aromatic heterocycles. The summed E-state index contributed by atoms with van der Waals surface area (Å²) in [5.74, 6) is 2.93. The van der Waals surface area contributed by atoms with E-state index in [1.165, 1.54) is 32.5 Å². The number of nitrogens with one attached hydrogen (secondary N) is 1. The van der Waals surface area contributed by atoms with Gasteiger partial charge in [0, 0.05) is 12.1 Å². The number of rotatable bonds is 4. The first kappa shape index (κ1) is 14.1. The quantitative estimate of drug-likeness (QED) is 0.867. The molecule has 1 aliphatic heterocycles. The van der Waals surface area contributed by atoms with Gasteiger partial charge in [-0.15, -0.1) is 0 Å². The van der Waals surface area contributed by atoms with Gasteiger partial charge < -0.3 is 16.0 Å². The zero-order valence-electron chi connectivity index (χ0n) is 12.2. The number of hydrogen-bond donors (Lipinski definition) is 2. The van der Waals surface area contributed by atoms with Gasteiger partial charge in [-0.25, -0.2) is 9.97 Å². The fourth-order valence-corrected chi connectivity index (χ4v) is 2.57. The highest BCUT2D eigenvalue weighted by molar-refractivity contribution is 5.54. The van der Waals surface area contributed by atoms with Crippen LogP contribution in [0.3, 0.4) is 0 Å². The number of nitrogens with two attached hydrogens (primary N) is 1. The van der Waals surface area contributed by atoms with Crippen LogP contribution in [0, 0.1) is 19.8 Å². The Bertz CT molecular complexity index is 424. The number of anilines is 2. The highest BCUT2D eigenvalue weighted by Crippen LogP contribution is 2.20. The van der Waals surface area contributed by atoms with Crippen LogP contribution in [0.15, 0.2) is 0 Å². The van der Waals surface area contributed by atoms with Gasteiger partial charge in [0.1, 0.15) is 17.5 Å². The fraction of sp³-hybridized carbons (Fsp3) is 0.714. The maximum absolute atomic E-state index is 5.87. The Labute approximate surface area is 115 Å². The molecule has 0 aliphatic carbocycles. The van der Waals surface area contributed by atoms with E-state index in [-0.39, 0.29) is 0 Å². The van der Waals surface area contributed by atoms with Gasteiger partial charge in [-0.2, -0.15) is 0 Å². The summed E-state index contributed by atoms with van der Waals surface area (Å²) in [5, 5.41) is 3.45. The normalized spacial score (nSPS) is 17.6. The number of aromatic nitrogens is 2. The zero-order valence-corrected chi connectivity index (χ0v) is 12.2. The third kappa shape index (κ3) is 3.56. The standard InChI is InChI=1S/C14H25N5/c1-4-19-7-5-12(6-8-19)9-16-14-10(2)13(15)17-11(3)18-14/h12H,4-9H2,1-3H3,(H3,15,16,17,18). The van der Waals surface area contributed by atoms with Crippen LogP contribution in [0.25, 0.3) is 0 Å².